The van der Waals surface area contributed by atoms with Crippen molar-refractivity contribution in [2.75, 3.05) is 0 Å². The molecule has 26 heavy (non-hydrogen) atoms. The van der Waals surface area contributed by atoms with Crippen molar-refractivity contribution in [2.24, 2.45) is 0 Å². The van der Waals surface area contributed by atoms with Crippen LogP contribution in [0.1, 0.15) is 51.8 Å². The van der Waals surface area contributed by atoms with E-state index in [1.165, 1.54) is 11.1 Å². The number of carbonyl (C=O) groups is 1. The molecule has 1 heterocycles. The van der Waals surface area contributed by atoms with Crippen LogP contribution < -0.4 is 5.32 Å². The zero-order valence-corrected chi connectivity index (χ0v) is 15.2. The molecule has 0 unspecified atom stereocenters. The van der Waals surface area contributed by atoms with Crippen LogP contribution in [0.15, 0.2) is 54.6 Å². The van der Waals surface area contributed by atoms with Gasteiger partial charge in [0.1, 0.15) is 0 Å². The molecule has 0 bridgehead atoms. The fraction of sp³-hybridized carbons (Fsp3) is 0.273. The maximum atomic E-state index is 12.7. The van der Waals surface area contributed by atoms with Gasteiger partial charge in [-0.3, -0.25) is 4.79 Å². The predicted molar refractivity (Wildman–Crippen MR) is 103 cm³/mol. The summed E-state index contributed by atoms with van der Waals surface area (Å²) in [5.41, 5.74) is 6.32. The molecule has 3 aromatic rings. The first-order chi connectivity index (χ1) is 12.6. The van der Waals surface area contributed by atoms with Crippen LogP contribution in [-0.2, 0) is 6.42 Å². The average molecular weight is 345 g/mol. The van der Waals surface area contributed by atoms with E-state index < -0.39 is 0 Å². The molecule has 0 aliphatic heterocycles. The number of hydrogen-bond acceptors (Lipinski definition) is 2. The fourth-order valence-corrected chi connectivity index (χ4v) is 3.79. The normalized spacial score (nSPS) is 16.2. The van der Waals surface area contributed by atoms with Crippen molar-refractivity contribution in [3.05, 3.63) is 82.7 Å². The number of nitrogens with one attached hydrogen (secondary N) is 1. The van der Waals surface area contributed by atoms with Gasteiger partial charge in [-0.1, -0.05) is 24.3 Å². The highest BCUT2D eigenvalue weighted by Gasteiger charge is 2.21. The van der Waals surface area contributed by atoms with Gasteiger partial charge in [-0.2, -0.15) is 5.10 Å². The third kappa shape index (κ3) is 3.15. The molecule has 4 heteroatoms. The number of rotatable bonds is 3. The first-order valence-electron chi connectivity index (χ1n) is 9.14. The van der Waals surface area contributed by atoms with Crippen LogP contribution in [0.3, 0.4) is 0 Å². The van der Waals surface area contributed by atoms with Crippen LogP contribution >= 0.6 is 0 Å². The van der Waals surface area contributed by atoms with Gasteiger partial charge >= 0.3 is 0 Å². The van der Waals surface area contributed by atoms with Crippen LogP contribution in [0.2, 0.25) is 0 Å². The topological polar surface area (TPSA) is 46.9 Å². The lowest BCUT2D eigenvalue weighted by atomic mass is 9.87. The van der Waals surface area contributed by atoms with Crippen molar-refractivity contribution >= 4 is 5.91 Å². The summed E-state index contributed by atoms with van der Waals surface area (Å²) in [7, 11) is 0. The third-order valence-corrected chi connectivity index (χ3v) is 5.06. The summed E-state index contributed by atoms with van der Waals surface area (Å²) >= 11 is 0. The molecular formula is C22H23N3O. The highest BCUT2D eigenvalue weighted by atomic mass is 16.1. The first kappa shape index (κ1) is 16.6. The molecule has 1 amide bonds. The summed E-state index contributed by atoms with van der Waals surface area (Å²) in [5.74, 6) is -0.0216. The molecule has 0 spiro atoms. The van der Waals surface area contributed by atoms with Gasteiger partial charge in [0.05, 0.1) is 17.4 Å². The molecule has 1 aromatic heterocycles. The highest BCUT2D eigenvalue weighted by Crippen LogP contribution is 2.29. The van der Waals surface area contributed by atoms with Crippen molar-refractivity contribution in [1.29, 1.82) is 0 Å². The number of carbonyl (C=O) groups excluding carboxylic acids is 1. The molecule has 4 rings (SSSR count). The van der Waals surface area contributed by atoms with Crippen LogP contribution in [0, 0.1) is 13.8 Å². The predicted octanol–water partition coefficient (Wildman–Crippen LogP) is 4.30. The fourth-order valence-electron chi connectivity index (χ4n) is 3.79. The second kappa shape index (κ2) is 6.79. The molecule has 0 saturated heterocycles. The molecule has 2 aromatic carbocycles. The Bertz CT molecular complexity index is 940. The van der Waals surface area contributed by atoms with Gasteiger partial charge in [0, 0.05) is 11.3 Å². The number of hydrogen-bond donors (Lipinski definition) is 1. The number of aromatic nitrogens is 2. The van der Waals surface area contributed by atoms with Crippen LogP contribution in [0.5, 0.6) is 0 Å². The minimum absolute atomic E-state index is 0.0216. The second-order valence-corrected chi connectivity index (χ2v) is 7.00. The molecule has 4 nitrogen and oxygen atoms in total. The number of benzene rings is 2. The van der Waals surface area contributed by atoms with Crippen molar-refractivity contribution in [2.45, 2.75) is 39.2 Å². The summed E-state index contributed by atoms with van der Waals surface area (Å²) in [4.78, 5) is 12.7. The van der Waals surface area contributed by atoms with E-state index in [0.717, 1.165) is 36.3 Å². The van der Waals surface area contributed by atoms with Gasteiger partial charge in [-0.25, -0.2) is 4.68 Å². The lowest BCUT2D eigenvalue weighted by molar-refractivity contribution is 0.0933. The number of nitrogens with zero attached hydrogens (tertiary/aromatic N) is 2. The lowest BCUT2D eigenvalue weighted by Gasteiger charge is -2.26. The van der Waals surface area contributed by atoms with Crippen molar-refractivity contribution < 1.29 is 4.79 Å². The molecular weight excluding hydrogens is 322 g/mol. The first-order valence-corrected chi connectivity index (χ1v) is 9.14. The van der Waals surface area contributed by atoms with Gasteiger partial charge in [0.2, 0.25) is 0 Å². The van der Waals surface area contributed by atoms with E-state index in [1.807, 2.05) is 54.9 Å². The maximum Gasteiger partial charge on any atom is 0.251 e. The van der Waals surface area contributed by atoms with E-state index in [-0.39, 0.29) is 11.9 Å². The van der Waals surface area contributed by atoms with Crippen LogP contribution in [0.4, 0.5) is 0 Å². The van der Waals surface area contributed by atoms with Crippen molar-refractivity contribution in [3.8, 4) is 5.69 Å². The van der Waals surface area contributed by atoms with Crippen molar-refractivity contribution in [1.82, 2.24) is 15.1 Å². The van der Waals surface area contributed by atoms with Crippen LogP contribution in [-0.4, -0.2) is 15.7 Å². The van der Waals surface area contributed by atoms with E-state index in [0.29, 0.717) is 5.56 Å². The van der Waals surface area contributed by atoms with E-state index in [9.17, 15) is 4.79 Å². The maximum absolute atomic E-state index is 12.7. The minimum Gasteiger partial charge on any atom is -0.345 e. The summed E-state index contributed by atoms with van der Waals surface area (Å²) < 4.78 is 1.90. The number of amides is 1. The van der Waals surface area contributed by atoms with Crippen molar-refractivity contribution in [3.63, 3.8) is 0 Å². The Morgan fingerprint density at radius 3 is 2.62 bits per heavy atom. The van der Waals surface area contributed by atoms with E-state index in [4.69, 9.17) is 0 Å². The van der Waals surface area contributed by atoms with E-state index in [2.05, 4.69) is 28.6 Å². The monoisotopic (exact) mass is 345 g/mol. The van der Waals surface area contributed by atoms with Gasteiger partial charge < -0.3 is 5.32 Å². The average Bonchev–Trinajstić information content (AvgIpc) is 3.00. The van der Waals surface area contributed by atoms with Gasteiger partial charge in [0.15, 0.2) is 0 Å². The van der Waals surface area contributed by atoms with Crippen LogP contribution in [0.25, 0.3) is 5.69 Å². The zero-order valence-electron chi connectivity index (χ0n) is 15.2. The molecule has 0 radical (unpaired) electrons. The van der Waals surface area contributed by atoms with E-state index in [1.54, 1.807) is 0 Å². The Morgan fingerprint density at radius 2 is 1.88 bits per heavy atom. The Morgan fingerprint density at radius 1 is 1.12 bits per heavy atom. The molecule has 1 aliphatic carbocycles. The molecule has 1 N–H and O–H groups in total. The Hall–Kier alpha value is -2.88. The smallest absolute Gasteiger partial charge is 0.251 e. The number of aryl methyl sites for hydroxylation is 3. The quantitative estimate of drug-likeness (QED) is 0.769. The minimum atomic E-state index is -0.0216. The van der Waals surface area contributed by atoms with Gasteiger partial charge in [-0.05, 0) is 74.6 Å². The Kier molecular flexibility index (Phi) is 4.33. The van der Waals surface area contributed by atoms with E-state index >= 15 is 0 Å². The Balaban J connectivity index is 1.52. The number of fused-ring (bicyclic) bond motifs is 1. The SMILES string of the molecule is Cc1cc(C)n(-c2ccc(C(=O)N[C@H]3CCCc4ccccc43)cc2)n1. The molecule has 1 aliphatic rings. The third-order valence-electron chi connectivity index (χ3n) is 5.06. The lowest BCUT2D eigenvalue weighted by Crippen LogP contribution is -2.30. The zero-order chi connectivity index (χ0) is 18.1. The highest BCUT2D eigenvalue weighted by molar-refractivity contribution is 5.94. The van der Waals surface area contributed by atoms with Gasteiger partial charge in [-0.15, -0.1) is 0 Å². The second-order valence-electron chi connectivity index (χ2n) is 7.00. The standard InChI is InChI=1S/C22H23N3O/c1-15-14-16(2)25(24-15)19-12-10-18(11-13-19)22(26)23-21-9-5-7-17-6-3-4-8-20(17)21/h3-4,6,8,10-14,21H,5,7,9H2,1-2H3,(H,23,26)/t21-/m0/s1. The molecule has 1 atom stereocenters. The molecule has 132 valence electrons. The summed E-state index contributed by atoms with van der Waals surface area (Å²) in [6, 6.07) is 18.2. The van der Waals surface area contributed by atoms with Gasteiger partial charge in [0.25, 0.3) is 5.91 Å². The summed E-state index contributed by atoms with van der Waals surface area (Å²) in [5, 5.41) is 7.69. The summed E-state index contributed by atoms with van der Waals surface area (Å²) in [6.07, 6.45) is 3.20. The molecule has 0 fully saturated rings. The Labute approximate surface area is 153 Å². The largest absolute Gasteiger partial charge is 0.345 e. The molecule has 0 saturated carbocycles. The summed E-state index contributed by atoms with van der Waals surface area (Å²) in [6.45, 7) is 4.01.